The number of anilines is 1. The van der Waals surface area contributed by atoms with Crippen molar-refractivity contribution >= 4 is 23.4 Å². The number of nitrogens with zero attached hydrogens (tertiary/aromatic N) is 2. The van der Waals surface area contributed by atoms with E-state index in [4.69, 9.17) is 5.73 Å². The molecule has 100 valence electrons. The van der Waals surface area contributed by atoms with Crippen LogP contribution in [0.25, 0.3) is 0 Å². The lowest BCUT2D eigenvalue weighted by Crippen LogP contribution is -2.27. The van der Waals surface area contributed by atoms with Gasteiger partial charge in [0.2, 0.25) is 5.91 Å². The lowest BCUT2D eigenvalue weighted by molar-refractivity contribution is -0.117. The Labute approximate surface area is 116 Å². The van der Waals surface area contributed by atoms with Gasteiger partial charge in [0.05, 0.1) is 6.20 Å². The van der Waals surface area contributed by atoms with E-state index < -0.39 is 6.04 Å². The molecular formula is C13H16N4OS. The largest absolute Gasteiger partial charge is 0.324 e. The second kappa shape index (κ2) is 5.90. The summed E-state index contributed by atoms with van der Waals surface area (Å²) in [6.07, 6.45) is 5.33. The third kappa shape index (κ3) is 3.36. The Morgan fingerprint density at radius 2 is 2.32 bits per heavy atom. The summed E-state index contributed by atoms with van der Waals surface area (Å²) in [7, 11) is 1.79. The van der Waals surface area contributed by atoms with E-state index in [0.29, 0.717) is 5.56 Å². The number of aryl methyl sites for hydroxylation is 1. The summed E-state index contributed by atoms with van der Waals surface area (Å²) in [5, 5.41) is 6.82. The van der Waals surface area contributed by atoms with Crippen molar-refractivity contribution in [3.8, 4) is 0 Å². The van der Waals surface area contributed by atoms with Crippen molar-refractivity contribution < 1.29 is 4.79 Å². The van der Waals surface area contributed by atoms with Gasteiger partial charge in [0.1, 0.15) is 6.04 Å². The Morgan fingerprint density at radius 3 is 2.95 bits per heavy atom. The van der Waals surface area contributed by atoms with E-state index >= 15 is 0 Å². The molecule has 0 radical (unpaired) electrons. The Hall–Kier alpha value is -1.79. The van der Waals surface area contributed by atoms with Gasteiger partial charge < -0.3 is 11.1 Å². The standard InChI is InChI=1S/C13H16N4OS/c1-17-8-9(7-15-17)12(14)13(18)16-10-4-3-5-11(6-10)19-2/h3-8,12H,14H2,1-2H3,(H,16,18). The van der Waals surface area contributed by atoms with E-state index in [1.165, 1.54) is 0 Å². The lowest BCUT2D eigenvalue weighted by atomic mass is 10.1. The van der Waals surface area contributed by atoms with Gasteiger partial charge in [-0.15, -0.1) is 11.8 Å². The molecule has 0 aliphatic heterocycles. The van der Waals surface area contributed by atoms with Crippen LogP contribution in [0.4, 0.5) is 5.69 Å². The molecule has 0 saturated heterocycles. The number of hydrogen-bond acceptors (Lipinski definition) is 4. The normalized spacial score (nSPS) is 12.2. The number of aromatic nitrogens is 2. The minimum absolute atomic E-state index is 0.244. The molecule has 19 heavy (non-hydrogen) atoms. The number of hydrogen-bond donors (Lipinski definition) is 2. The SMILES string of the molecule is CSc1cccc(NC(=O)C(N)c2cnn(C)c2)c1. The number of nitrogens with one attached hydrogen (secondary N) is 1. The minimum atomic E-state index is -0.716. The zero-order valence-electron chi connectivity index (χ0n) is 10.8. The summed E-state index contributed by atoms with van der Waals surface area (Å²) >= 11 is 1.62. The molecule has 2 aromatic rings. The topological polar surface area (TPSA) is 72.9 Å². The smallest absolute Gasteiger partial charge is 0.246 e. The predicted octanol–water partition coefficient (Wildman–Crippen LogP) is 1.78. The fraction of sp³-hybridized carbons (Fsp3) is 0.231. The summed E-state index contributed by atoms with van der Waals surface area (Å²) in [5.41, 5.74) is 7.34. The van der Waals surface area contributed by atoms with E-state index in [-0.39, 0.29) is 5.91 Å². The van der Waals surface area contributed by atoms with Crippen molar-refractivity contribution in [2.45, 2.75) is 10.9 Å². The quantitative estimate of drug-likeness (QED) is 0.835. The fourth-order valence-electron chi connectivity index (χ4n) is 1.67. The van der Waals surface area contributed by atoms with E-state index in [0.717, 1.165) is 10.6 Å². The molecule has 1 heterocycles. The third-order valence-electron chi connectivity index (χ3n) is 2.70. The molecule has 0 aliphatic carbocycles. The Balaban J connectivity index is 2.08. The molecule has 2 rings (SSSR count). The summed E-state index contributed by atoms with van der Waals surface area (Å²) in [5.74, 6) is -0.244. The molecule has 1 atom stereocenters. The molecule has 1 aromatic heterocycles. The number of rotatable bonds is 4. The monoisotopic (exact) mass is 276 g/mol. The van der Waals surface area contributed by atoms with Crippen molar-refractivity contribution in [1.29, 1.82) is 0 Å². The van der Waals surface area contributed by atoms with Gasteiger partial charge in [-0.25, -0.2) is 0 Å². The predicted molar refractivity (Wildman–Crippen MR) is 77.0 cm³/mol. The Kier molecular flexibility index (Phi) is 4.24. The van der Waals surface area contributed by atoms with Gasteiger partial charge in [0.15, 0.2) is 0 Å². The second-order valence-corrected chi connectivity index (χ2v) is 5.03. The van der Waals surface area contributed by atoms with Crippen LogP contribution in [-0.2, 0) is 11.8 Å². The maximum Gasteiger partial charge on any atom is 0.246 e. The molecule has 0 saturated carbocycles. The summed E-state index contributed by atoms with van der Waals surface area (Å²) in [4.78, 5) is 13.1. The zero-order chi connectivity index (χ0) is 13.8. The third-order valence-corrected chi connectivity index (χ3v) is 3.43. The molecule has 0 spiro atoms. The minimum Gasteiger partial charge on any atom is -0.324 e. The van der Waals surface area contributed by atoms with Crippen LogP contribution in [0.2, 0.25) is 0 Å². The molecule has 0 bridgehead atoms. The van der Waals surface area contributed by atoms with Gasteiger partial charge >= 0.3 is 0 Å². The van der Waals surface area contributed by atoms with Crippen molar-refractivity contribution in [1.82, 2.24) is 9.78 Å². The van der Waals surface area contributed by atoms with E-state index in [1.807, 2.05) is 30.5 Å². The molecule has 5 nitrogen and oxygen atoms in total. The Bertz CT molecular complexity index is 582. The van der Waals surface area contributed by atoms with Crippen LogP contribution >= 0.6 is 11.8 Å². The highest BCUT2D eigenvalue weighted by molar-refractivity contribution is 7.98. The highest BCUT2D eigenvalue weighted by Crippen LogP contribution is 2.20. The van der Waals surface area contributed by atoms with E-state index in [9.17, 15) is 4.79 Å². The number of nitrogens with two attached hydrogens (primary N) is 1. The highest BCUT2D eigenvalue weighted by Gasteiger charge is 2.17. The van der Waals surface area contributed by atoms with Crippen LogP contribution in [0, 0.1) is 0 Å². The molecule has 6 heteroatoms. The van der Waals surface area contributed by atoms with Gasteiger partial charge in [-0.05, 0) is 24.5 Å². The number of benzene rings is 1. The number of carbonyl (C=O) groups excluding carboxylic acids is 1. The van der Waals surface area contributed by atoms with Crippen molar-refractivity contribution in [2.75, 3.05) is 11.6 Å². The average molecular weight is 276 g/mol. The van der Waals surface area contributed by atoms with Crippen molar-refractivity contribution in [3.05, 3.63) is 42.2 Å². The molecule has 1 amide bonds. The fourth-order valence-corrected chi connectivity index (χ4v) is 2.13. The first-order chi connectivity index (χ1) is 9.10. The second-order valence-electron chi connectivity index (χ2n) is 4.15. The van der Waals surface area contributed by atoms with Crippen molar-refractivity contribution in [3.63, 3.8) is 0 Å². The van der Waals surface area contributed by atoms with E-state index in [2.05, 4.69) is 10.4 Å². The molecular weight excluding hydrogens is 260 g/mol. The van der Waals surface area contributed by atoms with Crippen molar-refractivity contribution in [2.24, 2.45) is 12.8 Å². The molecule has 1 unspecified atom stereocenters. The maximum absolute atomic E-state index is 12.0. The first kappa shape index (κ1) is 13.6. The highest BCUT2D eigenvalue weighted by atomic mass is 32.2. The average Bonchev–Trinajstić information content (AvgIpc) is 2.84. The van der Waals surface area contributed by atoms with Crippen LogP contribution in [-0.4, -0.2) is 21.9 Å². The van der Waals surface area contributed by atoms with Crippen LogP contribution in [0.5, 0.6) is 0 Å². The van der Waals surface area contributed by atoms with Gasteiger partial charge in [-0.3, -0.25) is 9.48 Å². The molecule has 1 aromatic carbocycles. The summed E-state index contributed by atoms with van der Waals surface area (Å²) < 4.78 is 1.62. The van der Waals surface area contributed by atoms with E-state index in [1.54, 1.807) is 35.9 Å². The molecule has 0 fully saturated rings. The molecule has 3 N–H and O–H groups in total. The van der Waals surface area contributed by atoms with Crippen LogP contribution in [0.1, 0.15) is 11.6 Å². The van der Waals surface area contributed by atoms with Crippen LogP contribution in [0.15, 0.2) is 41.6 Å². The Morgan fingerprint density at radius 1 is 1.53 bits per heavy atom. The lowest BCUT2D eigenvalue weighted by Gasteiger charge is -2.11. The maximum atomic E-state index is 12.0. The van der Waals surface area contributed by atoms with Gasteiger partial charge in [0.25, 0.3) is 0 Å². The van der Waals surface area contributed by atoms with Gasteiger partial charge in [-0.2, -0.15) is 5.10 Å². The van der Waals surface area contributed by atoms with Crippen LogP contribution in [0.3, 0.4) is 0 Å². The number of thioether (sulfide) groups is 1. The van der Waals surface area contributed by atoms with Gasteiger partial charge in [-0.1, -0.05) is 6.07 Å². The first-order valence-electron chi connectivity index (χ1n) is 5.79. The first-order valence-corrected chi connectivity index (χ1v) is 7.01. The van der Waals surface area contributed by atoms with Gasteiger partial charge in [0, 0.05) is 29.4 Å². The number of amides is 1. The summed E-state index contributed by atoms with van der Waals surface area (Å²) in [6, 6.07) is 6.93. The van der Waals surface area contributed by atoms with Crippen LogP contribution < -0.4 is 11.1 Å². The number of carbonyl (C=O) groups is 1. The molecule has 0 aliphatic rings. The summed E-state index contributed by atoms with van der Waals surface area (Å²) in [6.45, 7) is 0. The zero-order valence-corrected chi connectivity index (χ0v) is 11.6.